The zero-order chi connectivity index (χ0) is 23.4. The Morgan fingerprint density at radius 1 is 1.15 bits per heavy atom. The number of aryl methyl sites for hydroxylation is 3. The maximum atomic E-state index is 12.9. The molecule has 3 aromatic heterocycles. The maximum absolute atomic E-state index is 12.9. The van der Waals surface area contributed by atoms with Gasteiger partial charge in [-0.05, 0) is 49.1 Å². The Bertz CT molecular complexity index is 1300. The molecule has 4 aromatic rings. The van der Waals surface area contributed by atoms with Crippen LogP contribution < -0.4 is 10.1 Å². The van der Waals surface area contributed by atoms with E-state index in [4.69, 9.17) is 9.47 Å². The molecule has 0 spiro atoms. The van der Waals surface area contributed by atoms with Gasteiger partial charge < -0.3 is 14.8 Å². The van der Waals surface area contributed by atoms with E-state index < -0.39 is 11.9 Å². The van der Waals surface area contributed by atoms with Crippen LogP contribution in [0.3, 0.4) is 0 Å². The maximum Gasteiger partial charge on any atom is 0.339 e. The minimum Gasteiger partial charge on any atom is -0.492 e. The van der Waals surface area contributed by atoms with Crippen molar-refractivity contribution in [1.29, 1.82) is 0 Å². The van der Waals surface area contributed by atoms with Gasteiger partial charge >= 0.3 is 5.97 Å². The summed E-state index contributed by atoms with van der Waals surface area (Å²) in [5.41, 5.74) is 3.35. The summed E-state index contributed by atoms with van der Waals surface area (Å²) in [5, 5.41) is 9.65. The Morgan fingerprint density at radius 3 is 2.76 bits per heavy atom. The lowest BCUT2D eigenvalue weighted by Crippen LogP contribution is -2.32. The summed E-state index contributed by atoms with van der Waals surface area (Å²) in [7, 11) is 1.78. The fourth-order valence-electron chi connectivity index (χ4n) is 3.48. The molecule has 0 radical (unpaired) electrons. The predicted molar refractivity (Wildman–Crippen MR) is 127 cm³/mol. The van der Waals surface area contributed by atoms with Gasteiger partial charge in [-0.1, -0.05) is 18.2 Å². The van der Waals surface area contributed by atoms with Crippen LogP contribution in [0.1, 0.15) is 21.6 Å². The van der Waals surface area contributed by atoms with Crippen LogP contribution in [0.2, 0.25) is 0 Å². The summed E-state index contributed by atoms with van der Waals surface area (Å²) < 4.78 is 12.6. The molecule has 1 N–H and O–H groups in total. The SMILES string of the molecule is Cc1cccc(OCCNC(=O)COC(=O)c2cc(-c3cccs3)nc3c2c(C)nn3C)c1. The Labute approximate surface area is 195 Å². The molecular formula is C24H24N4O4S. The van der Waals surface area contributed by atoms with Gasteiger partial charge in [0.1, 0.15) is 12.4 Å². The van der Waals surface area contributed by atoms with E-state index in [0.29, 0.717) is 41.1 Å². The highest BCUT2D eigenvalue weighted by atomic mass is 32.1. The molecule has 0 saturated heterocycles. The lowest BCUT2D eigenvalue weighted by Gasteiger charge is -2.10. The highest BCUT2D eigenvalue weighted by molar-refractivity contribution is 7.13. The second kappa shape index (κ2) is 9.83. The first kappa shape index (κ1) is 22.5. The summed E-state index contributed by atoms with van der Waals surface area (Å²) in [6, 6.07) is 13.2. The molecule has 0 unspecified atom stereocenters. The summed E-state index contributed by atoms with van der Waals surface area (Å²) in [6.45, 7) is 4.02. The fraction of sp³-hybridized carbons (Fsp3) is 0.250. The van der Waals surface area contributed by atoms with Gasteiger partial charge in [-0.2, -0.15) is 5.10 Å². The van der Waals surface area contributed by atoms with Crippen LogP contribution in [0, 0.1) is 13.8 Å². The van der Waals surface area contributed by atoms with E-state index in [1.54, 1.807) is 17.8 Å². The zero-order valence-electron chi connectivity index (χ0n) is 18.6. The second-order valence-electron chi connectivity index (χ2n) is 7.53. The van der Waals surface area contributed by atoms with Crippen molar-refractivity contribution in [3.8, 4) is 16.3 Å². The smallest absolute Gasteiger partial charge is 0.339 e. The van der Waals surface area contributed by atoms with Crippen LogP contribution in [0.15, 0.2) is 47.8 Å². The Hall–Kier alpha value is -3.72. The number of thiophene rings is 1. The normalized spacial score (nSPS) is 10.9. The van der Waals surface area contributed by atoms with Crippen molar-refractivity contribution in [2.24, 2.45) is 7.05 Å². The molecule has 1 aromatic carbocycles. The molecule has 1 amide bonds. The summed E-state index contributed by atoms with van der Waals surface area (Å²) >= 11 is 1.53. The standard InChI is InChI=1S/C24H24N4O4S/c1-15-6-4-7-17(12-15)31-10-9-25-21(29)14-32-24(30)18-13-19(20-8-5-11-33-20)26-23-22(18)16(2)27-28(23)3/h4-8,11-13H,9-10,14H2,1-3H3,(H,25,29). The van der Waals surface area contributed by atoms with Crippen molar-refractivity contribution in [2.45, 2.75) is 13.8 Å². The van der Waals surface area contributed by atoms with Crippen LogP contribution in [-0.4, -0.2) is 46.4 Å². The number of nitrogens with zero attached hydrogens (tertiary/aromatic N) is 3. The third kappa shape index (κ3) is 5.20. The van der Waals surface area contributed by atoms with E-state index in [1.807, 2.05) is 55.6 Å². The van der Waals surface area contributed by atoms with Crippen LogP contribution in [0.25, 0.3) is 21.6 Å². The summed E-state index contributed by atoms with van der Waals surface area (Å²) in [5.74, 6) is -0.254. The molecule has 170 valence electrons. The van der Waals surface area contributed by atoms with E-state index >= 15 is 0 Å². The number of hydrogen-bond donors (Lipinski definition) is 1. The highest BCUT2D eigenvalue weighted by Crippen LogP contribution is 2.29. The van der Waals surface area contributed by atoms with Crippen LogP contribution in [-0.2, 0) is 16.6 Å². The number of carbonyl (C=O) groups excluding carboxylic acids is 2. The number of aromatic nitrogens is 3. The summed E-state index contributed by atoms with van der Waals surface area (Å²) in [4.78, 5) is 30.7. The van der Waals surface area contributed by atoms with Gasteiger partial charge in [0, 0.05) is 7.05 Å². The fourth-order valence-corrected chi connectivity index (χ4v) is 4.17. The average Bonchev–Trinajstić information content (AvgIpc) is 3.43. The molecule has 0 atom stereocenters. The van der Waals surface area contributed by atoms with Crippen LogP contribution >= 0.6 is 11.3 Å². The third-order valence-corrected chi connectivity index (χ3v) is 5.87. The van der Waals surface area contributed by atoms with E-state index in [2.05, 4.69) is 15.4 Å². The monoisotopic (exact) mass is 464 g/mol. The van der Waals surface area contributed by atoms with Crippen molar-refractivity contribution in [3.63, 3.8) is 0 Å². The van der Waals surface area contributed by atoms with Gasteiger partial charge in [0.25, 0.3) is 5.91 Å². The number of nitrogens with one attached hydrogen (secondary N) is 1. The molecule has 0 aliphatic heterocycles. The number of fused-ring (bicyclic) bond motifs is 1. The number of benzene rings is 1. The van der Waals surface area contributed by atoms with E-state index in [9.17, 15) is 9.59 Å². The minimum atomic E-state index is -0.595. The van der Waals surface area contributed by atoms with Crippen LogP contribution in [0.5, 0.6) is 5.75 Å². The largest absolute Gasteiger partial charge is 0.492 e. The number of ether oxygens (including phenoxy) is 2. The highest BCUT2D eigenvalue weighted by Gasteiger charge is 2.21. The average molecular weight is 465 g/mol. The van der Waals surface area contributed by atoms with Crippen LogP contribution in [0.4, 0.5) is 0 Å². The molecule has 0 aliphatic carbocycles. The van der Waals surface area contributed by atoms with Crippen molar-refractivity contribution in [2.75, 3.05) is 19.8 Å². The molecular weight excluding hydrogens is 440 g/mol. The molecule has 8 nitrogen and oxygen atoms in total. The molecule has 0 aliphatic rings. The molecule has 0 fully saturated rings. The molecule has 9 heteroatoms. The van der Waals surface area contributed by atoms with Gasteiger partial charge in [-0.3, -0.25) is 9.48 Å². The quantitative estimate of drug-likeness (QED) is 0.316. The number of esters is 1. The number of rotatable bonds is 8. The van der Waals surface area contributed by atoms with E-state index in [0.717, 1.165) is 16.2 Å². The molecule has 33 heavy (non-hydrogen) atoms. The first-order chi connectivity index (χ1) is 15.9. The van der Waals surface area contributed by atoms with Gasteiger partial charge in [0.2, 0.25) is 0 Å². The Morgan fingerprint density at radius 2 is 2.00 bits per heavy atom. The molecule has 0 saturated carbocycles. The van der Waals surface area contributed by atoms with Crippen molar-refractivity contribution in [1.82, 2.24) is 20.1 Å². The van der Waals surface area contributed by atoms with E-state index in [-0.39, 0.29) is 6.61 Å². The minimum absolute atomic E-state index is 0.300. The first-order valence-electron chi connectivity index (χ1n) is 10.4. The van der Waals surface area contributed by atoms with Gasteiger partial charge in [0.05, 0.1) is 33.8 Å². The topological polar surface area (TPSA) is 95.3 Å². The molecule has 3 heterocycles. The first-order valence-corrected chi connectivity index (χ1v) is 11.3. The Balaban J connectivity index is 1.38. The number of carbonyl (C=O) groups is 2. The van der Waals surface area contributed by atoms with Gasteiger partial charge in [-0.25, -0.2) is 9.78 Å². The molecule has 4 rings (SSSR count). The van der Waals surface area contributed by atoms with E-state index in [1.165, 1.54) is 11.3 Å². The Kier molecular flexibility index (Phi) is 6.69. The van der Waals surface area contributed by atoms with Crippen molar-refractivity contribution in [3.05, 3.63) is 64.7 Å². The van der Waals surface area contributed by atoms with Crippen molar-refractivity contribution < 1.29 is 19.1 Å². The van der Waals surface area contributed by atoms with Gasteiger partial charge in [-0.15, -0.1) is 11.3 Å². The predicted octanol–water partition coefficient (Wildman–Crippen LogP) is 3.67. The second-order valence-corrected chi connectivity index (χ2v) is 8.48. The molecule has 0 bridgehead atoms. The third-order valence-electron chi connectivity index (χ3n) is 4.98. The lowest BCUT2D eigenvalue weighted by molar-refractivity contribution is -0.124. The number of amides is 1. The lowest BCUT2D eigenvalue weighted by atomic mass is 10.1. The summed E-state index contributed by atoms with van der Waals surface area (Å²) in [6.07, 6.45) is 0. The van der Waals surface area contributed by atoms with Crippen molar-refractivity contribution >= 4 is 34.2 Å². The number of pyridine rings is 1. The van der Waals surface area contributed by atoms with Gasteiger partial charge in [0.15, 0.2) is 12.3 Å². The number of hydrogen-bond acceptors (Lipinski definition) is 7. The zero-order valence-corrected chi connectivity index (χ0v) is 19.4.